The maximum atomic E-state index is 13.3. The third-order valence-corrected chi connectivity index (χ3v) is 5.27. The number of ketones is 1. The lowest BCUT2D eigenvalue weighted by atomic mass is 9.82. The molecule has 4 rings (SSSR count). The van der Waals surface area contributed by atoms with Crippen LogP contribution in [0.25, 0.3) is 11.3 Å². The summed E-state index contributed by atoms with van der Waals surface area (Å²) in [7, 11) is 1.55. The molecule has 0 spiro atoms. The average Bonchev–Trinajstić information content (AvgIpc) is 3.17. The summed E-state index contributed by atoms with van der Waals surface area (Å²) < 4.78 is 33.8. The van der Waals surface area contributed by atoms with Gasteiger partial charge in [0, 0.05) is 36.8 Å². The van der Waals surface area contributed by atoms with Crippen LogP contribution in [0.5, 0.6) is 5.88 Å². The molecule has 7 heteroatoms. The summed E-state index contributed by atoms with van der Waals surface area (Å²) in [4.78, 5) is 21.4. The predicted octanol–water partition coefficient (Wildman–Crippen LogP) is 3.64. The highest BCUT2D eigenvalue weighted by molar-refractivity contribution is 5.83. The number of carbonyl (C=O) groups excluding carboxylic acids is 1. The minimum absolute atomic E-state index is 0.0256. The fourth-order valence-corrected chi connectivity index (χ4v) is 3.85. The molecule has 2 aromatic rings. The highest BCUT2D eigenvalue weighted by atomic mass is 19.3. The van der Waals surface area contributed by atoms with Crippen molar-refractivity contribution in [1.29, 1.82) is 0 Å². The van der Waals surface area contributed by atoms with Crippen LogP contribution in [0.4, 0.5) is 8.78 Å². The number of imidazole rings is 1. The Labute approximate surface area is 144 Å². The molecular weight excluding hydrogens is 328 g/mol. The van der Waals surface area contributed by atoms with E-state index in [1.807, 2.05) is 10.6 Å². The SMILES string of the molecule is COc1ccc2c(n1)C(CC(=O)C1CCC(F)(F)CC1)n1cncc1-2. The number of halogens is 2. The van der Waals surface area contributed by atoms with E-state index in [9.17, 15) is 13.6 Å². The number of pyridine rings is 1. The number of carbonyl (C=O) groups is 1. The first-order valence-electron chi connectivity index (χ1n) is 8.46. The summed E-state index contributed by atoms with van der Waals surface area (Å²) in [5.41, 5.74) is 2.63. The Hall–Kier alpha value is -2.31. The van der Waals surface area contributed by atoms with Crippen LogP contribution in [0, 0.1) is 5.92 Å². The predicted molar refractivity (Wildman–Crippen MR) is 86.7 cm³/mol. The molecule has 3 heterocycles. The zero-order valence-corrected chi connectivity index (χ0v) is 13.9. The largest absolute Gasteiger partial charge is 0.481 e. The summed E-state index contributed by atoms with van der Waals surface area (Å²) in [5.74, 6) is -2.39. The van der Waals surface area contributed by atoms with Crippen molar-refractivity contribution in [3.8, 4) is 17.1 Å². The van der Waals surface area contributed by atoms with E-state index in [-0.39, 0.29) is 49.8 Å². The summed E-state index contributed by atoms with van der Waals surface area (Å²) in [6.45, 7) is 0. The number of nitrogens with zero attached hydrogens (tertiary/aromatic N) is 3. The zero-order valence-electron chi connectivity index (χ0n) is 13.9. The molecule has 5 nitrogen and oxygen atoms in total. The van der Waals surface area contributed by atoms with E-state index in [1.165, 1.54) is 0 Å². The molecule has 0 radical (unpaired) electrons. The molecule has 2 aromatic heterocycles. The van der Waals surface area contributed by atoms with E-state index >= 15 is 0 Å². The van der Waals surface area contributed by atoms with Crippen LogP contribution in [0.2, 0.25) is 0 Å². The Bertz CT molecular complexity index is 808. The van der Waals surface area contributed by atoms with Crippen molar-refractivity contribution >= 4 is 5.78 Å². The van der Waals surface area contributed by atoms with Gasteiger partial charge in [0.1, 0.15) is 5.78 Å². The van der Waals surface area contributed by atoms with Gasteiger partial charge in [-0.05, 0) is 18.9 Å². The minimum atomic E-state index is -2.62. The lowest BCUT2D eigenvalue weighted by Gasteiger charge is -2.28. The molecule has 1 saturated carbocycles. The number of rotatable bonds is 4. The van der Waals surface area contributed by atoms with Crippen LogP contribution in [0.1, 0.15) is 43.8 Å². The molecule has 1 atom stereocenters. The monoisotopic (exact) mass is 347 g/mol. The summed E-state index contributed by atoms with van der Waals surface area (Å²) >= 11 is 0. The highest BCUT2D eigenvalue weighted by Gasteiger charge is 2.39. The summed E-state index contributed by atoms with van der Waals surface area (Å²) in [5, 5.41) is 0. The van der Waals surface area contributed by atoms with Gasteiger partial charge in [-0.15, -0.1) is 0 Å². The standard InChI is InChI=1S/C18H19F2N3O2/c1-25-16-3-2-12-14-9-21-10-23(14)13(17(12)22-16)8-15(24)11-4-6-18(19,20)7-5-11/h2-3,9-11,13H,4-8H2,1H3. The van der Waals surface area contributed by atoms with Crippen molar-refractivity contribution in [2.24, 2.45) is 5.92 Å². The number of ether oxygens (including phenoxy) is 1. The van der Waals surface area contributed by atoms with E-state index in [1.54, 1.807) is 25.7 Å². The Balaban J connectivity index is 1.58. The van der Waals surface area contributed by atoms with Crippen molar-refractivity contribution in [3.63, 3.8) is 0 Å². The van der Waals surface area contributed by atoms with Gasteiger partial charge in [-0.2, -0.15) is 0 Å². The number of hydrogen-bond donors (Lipinski definition) is 0. The quantitative estimate of drug-likeness (QED) is 0.847. The van der Waals surface area contributed by atoms with E-state index < -0.39 is 5.92 Å². The van der Waals surface area contributed by atoms with Crippen molar-refractivity contribution in [3.05, 3.63) is 30.4 Å². The van der Waals surface area contributed by atoms with Crippen LogP contribution < -0.4 is 4.74 Å². The van der Waals surface area contributed by atoms with Gasteiger partial charge in [-0.25, -0.2) is 18.7 Å². The van der Waals surface area contributed by atoms with Crippen molar-refractivity contribution in [1.82, 2.24) is 14.5 Å². The first-order valence-corrected chi connectivity index (χ1v) is 8.46. The van der Waals surface area contributed by atoms with Gasteiger partial charge in [-0.3, -0.25) is 4.79 Å². The van der Waals surface area contributed by atoms with Crippen LogP contribution in [-0.2, 0) is 4.79 Å². The van der Waals surface area contributed by atoms with E-state index in [0.29, 0.717) is 5.88 Å². The molecule has 1 aliphatic carbocycles. The Morgan fingerprint density at radius 2 is 2.12 bits per heavy atom. The topological polar surface area (TPSA) is 57.0 Å². The van der Waals surface area contributed by atoms with Crippen molar-refractivity contribution in [2.75, 3.05) is 7.11 Å². The number of Topliss-reactive ketones (excluding diaryl/α,β-unsaturated/α-hetero) is 1. The van der Waals surface area contributed by atoms with Gasteiger partial charge in [0.25, 0.3) is 0 Å². The maximum absolute atomic E-state index is 13.3. The lowest BCUT2D eigenvalue weighted by molar-refractivity contribution is -0.127. The first kappa shape index (κ1) is 16.2. The third-order valence-electron chi connectivity index (χ3n) is 5.27. The van der Waals surface area contributed by atoms with E-state index in [2.05, 4.69) is 9.97 Å². The van der Waals surface area contributed by atoms with E-state index in [0.717, 1.165) is 17.0 Å². The number of fused-ring (bicyclic) bond motifs is 3. The fourth-order valence-electron chi connectivity index (χ4n) is 3.85. The molecule has 0 aromatic carbocycles. The molecule has 1 aliphatic heterocycles. The Morgan fingerprint density at radius 1 is 1.36 bits per heavy atom. The molecule has 1 unspecified atom stereocenters. The fraction of sp³-hybridized carbons (Fsp3) is 0.500. The van der Waals surface area contributed by atoms with Crippen LogP contribution in [0.15, 0.2) is 24.7 Å². The second-order valence-electron chi connectivity index (χ2n) is 6.79. The van der Waals surface area contributed by atoms with Crippen LogP contribution >= 0.6 is 0 Å². The molecule has 25 heavy (non-hydrogen) atoms. The number of methoxy groups -OCH3 is 1. The van der Waals surface area contributed by atoms with Gasteiger partial charge >= 0.3 is 0 Å². The van der Waals surface area contributed by atoms with Gasteiger partial charge in [-0.1, -0.05) is 0 Å². The van der Waals surface area contributed by atoms with Crippen molar-refractivity contribution in [2.45, 2.75) is 44.1 Å². The average molecular weight is 347 g/mol. The maximum Gasteiger partial charge on any atom is 0.248 e. The molecule has 0 bridgehead atoms. The molecule has 2 aliphatic rings. The third kappa shape index (κ3) is 2.81. The second kappa shape index (κ2) is 5.89. The molecule has 132 valence electrons. The summed E-state index contributed by atoms with van der Waals surface area (Å²) in [6, 6.07) is 3.45. The number of alkyl halides is 2. The number of hydrogen-bond acceptors (Lipinski definition) is 4. The highest BCUT2D eigenvalue weighted by Crippen LogP contribution is 2.43. The number of aromatic nitrogens is 3. The lowest BCUT2D eigenvalue weighted by Crippen LogP contribution is -2.29. The Kier molecular flexibility index (Phi) is 3.81. The summed E-state index contributed by atoms with van der Waals surface area (Å²) in [6.07, 6.45) is 3.80. The normalized spacial score (nSPS) is 21.6. The smallest absolute Gasteiger partial charge is 0.248 e. The molecule has 0 saturated heterocycles. The van der Waals surface area contributed by atoms with Crippen molar-refractivity contribution < 1.29 is 18.3 Å². The van der Waals surface area contributed by atoms with Crippen LogP contribution in [0.3, 0.4) is 0 Å². The molecule has 0 amide bonds. The molecule has 1 fully saturated rings. The van der Waals surface area contributed by atoms with Gasteiger partial charge in [0.2, 0.25) is 11.8 Å². The Morgan fingerprint density at radius 3 is 2.84 bits per heavy atom. The van der Waals surface area contributed by atoms with Crippen LogP contribution in [-0.4, -0.2) is 33.4 Å². The molecule has 0 N–H and O–H groups in total. The molecular formula is C18H19F2N3O2. The van der Waals surface area contributed by atoms with Gasteiger partial charge < -0.3 is 9.30 Å². The minimum Gasteiger partial charge on any atom is -0.481 e. The zero-order chi connectivity index (χ0) is 17.6. The van der Waals surface area contributed by atoms with Gasteiger partial charge in [0.15, 0.2) is 0 Å². The second-order valence-corrected chi connectivity index (χ2v) is 6.79. The van der Waals surface area contributed by atoms with Gasteiger partial charge in [0.05, 0.1) is 37.1 Å². The van der Waals surface area contributed by atoms with E-state index in [4.69, 9.17) is 4.74 Å². The first-order chi connectivity index (χ1) is 12.0.